The molecule has 0 aliphatic heterocycles. The van der Waals surface area contributed by atoms with Gasteiger partial charge in [0.1, 0.15) is 6.10 Å². The maximum absolute atomic E-state index is 10.6. The third-order valence-corrected chi connectivity index (χ3v) is 2.29. The molecule has 13 heavy (non-hydrogen) atoms. The highest BCUT2D eigenvalue weighted by Crippen LogP contribution is 2.19. The minimum atomic E-state index is -0.679. The molecule has 0 aliphatic rings. The lowest BCUT2D eigenvalue weighted by molar-refractivity contribution is 0.0757. The summed E-state index contributed by atoms with van der Waals surface area (Å²) in [6.45, 7) is 6.30. The highest BCUT2D eigenvalue weighted by Gasteiger charge is 2.18. The van der Waals surface area contributed by atoms with Gasteiger partial charge in [0.2, 0.25) is 0 Å². The first-order valence-electron chi connectivity index (χ1n) is 4.97. The Labute approximate surface area is 85.6 Å². The third-order valence-electron chi connectivity index (χ3n) is 2.20. The molecule has 0 saturated heterocycles. The van der Waals surface area contributed by atoms with Gasteiger partial charge in [-0.2, -0.15) is 0 Å². The summed E-state index contributed by atoms with van der Waals surface area (Å²) in [5, 5.41) is 0. The van der Waals surface area contributed by atoms with Gasteiger partial charge in [-0.05, 0) is 18.8 Å². The molecule has 3 heteroatoms. The predicted molar refractivity (Wildman–Crippen MR) is 55.1 cm³/mol. The molecule has 0 aromatic carbocycles. The van der Waals surface area contributed by atoms with Gasteiger partial charge in [-0.1, -0.05) is 33.6 Å². The quantitative estimate of drug-likeness (QED) is 0.615. The van der Waals surface area contributed by atoms with E-state index >= 15 is 0 Å². The standard InChI is InChI=1S/C10H19ClO2/c1-4-6-8(3)9(7-5-2)13-10(11)12/h8-9H,4-7H2,1-3H3. The van der Waals surface area contributed by atoms with E-state index in [1.54, 1.807) is 0 Å². The molecule has 0 aromatic rings. The molecule has 0 fully saturated rings. The Bertz CT molecular complexity index is 148. The van der Waals surface area contributed by atoms with E-state index in [2.05, 4.69) is 20.8 Å². The van der Waals surface area contributed by atoms with Crippen molar-refractivity contribution < 1.29 is 9.53 Å². The van der Waals surface area contributed by atoms with Crippen LogP contribution in [-0.4, -0.2) is 11.5 Å². The van der Waals surface area contributed by atoms with Crippen molar-refractivity contribution in [2.45, 2.75) is 52.6 Å². The number of ether oxygens (including phenoxy) is 1. The number of carbonyl (C=O) groups excluding carboxylic acids is 1. The van der Waals surface area contributed by atoms with Gasteiger partial charge >= 0.3 is 5.43 Å². The zero-order valence-corrected chi connectivity index (χ0v) is 9.43. The van der Waals surface area contributed by atoms with Crippen LogP contribution < -0.4 is 0 Å². The predicted octanol–water partition coefficient (Wildman–Crippen LogP) is 3.97. The maximum Gasteiger partial charge on any atom is 0.404 e. The van der Waals surface area contributed by atoms with Crippen molar-refractivity contribution in [3.63, 3.8) is 0 Å². The largest absolute Gasteiger partial charge is 0.450 e. The summed E-state index contributed by atoms with van der Waals surface area (Å²) < 4.78 is 5.03. The van der Waals surface area contributed by atoms with Gasteiger partial charge in [-0.15, -0.1) is 0 Å². The average molecular weight is 207 g/mol. The molecule has 0 spiro atoms. The summed E-state index contributed by atoms with van der Waals surface area (Å²) in [6, 6.07) is 0. The highest BCUT2D eigenvalue weighted by atomic mass is 35.5. The summed E-state index contributed by atoms with van der Waals surface area (Å²) in [5.74, 6) is 0.410. The maximum atomic E-state index is 10.6. The molecule has 0 amide bonds. The van der Waals surface area contributed by atoms with Crippen molar-refractivity contribution in [1.82, 2.24) is 0 Å². The Morgan fingerprint density at radius 3 is 2.23 bits per heavy atom. The van der Waals surface area contributed by atoms with Crippen molar-refractivity contribution in [2.24, 2.45) is 5.92 Å². The third kappa shape index (κ3) is 5.92. The molecular weight excluding hydrogens is 188 g/mol. The number of hydrogen-bond donors (Lipinski definition) is 0. The zero-order valence-electron chi connectivity index (χ0n) is 8.68. The van der Waals surface area contributed by atoms with Crippen LogP contribution in [0.4, 0.5) is 4.79 Å². The molecule has 0 aromatic heterocycles. The van der Waals surface area contributed by atoms with Gasteiger partial charge in [0, 0.05) is 11.6 Å². The average Bonchev–Trinajstić information content (AvgIpc) is 2.03. The van der Waals surface area contributed by atoms with E-state index in [9.17, 15) is 4.79 Å². The Kier molecular flexibility index (Phi) is 7.06. The van der Waals surface area contributed by atoms with Crippen molar-refractivity contribution in [1.29, 1.82) is 0 Å². The van der Waals surface area contributed by atoms with Gasteiger partial charge in [0.15, 0.2) is 0 Å². The topological polar surface area (TPSA) is 26.3 Å². The summed E-state index contributed by atoms with van der Waals surface area (Å²) in [4.78, 5) is 10.6. The molecule has 2 unspecified atom stereocenters. The Balaban J connectivity index is 3.97. The van der Waals surface area contributed by atoms with Crippen molar-refractivity contribution >= 4 is 17.0 Å². The first-order valence-corrected chi connectivity index (χ1v) is 5.35. The molecule has 78 valence electrons. The van der Waals surface area contributed by atoms with Gasteiger partial charge in [0.25, 0.3) is 0 Å². The number of hydrogen-bond acceptors (Lipinski definition) is 2. The van der Waals surface area contributed by atoms with Crippen LogP contribution in [0.2, 0.25) is 0 Å². The van der Waals surface area contributed by atoms with Crippen LogP contribution in [0.25, 0.3) is 0 Å². The van der Waals surface area contributed by atoms with Crippen LogP contribution in [-0.2, 0) is 4.74 Å². The van der Waals surface area contributed by atoms with E-state index in [-0.39, 0.29) is 6.10 Å². The second-order valence-corrected chi connectivity index (χ2v) is 3.76. The molecule has 0 saturated carbocycles. The van der Waals surface area contributed by atoms with E-state index in [1.807, 2.05) is 0 Å². The lowest BCUT2D eigenvalue weighted by Crippen LogP contribution is -2.22. The van der Waals surface area contributed by atoms with Crippen LogP contribution in [0.3, 0.4) is 0 Å². The highest BCUT2D eigenvalue weighted by molar-refractivity contribution is 6.61. The minimum Gasteiger partial charge on any atom is -0.450 e. The van der Waals surface area contributed by atoms with Gasteiger partial charge in [-0.3, -0.25) is 0 Å². The number of halogens is 1. The molecule has 0 rings (SSSR count). The first-order chi connectivity index (χ1) is 6.11. The molecular formula is C10H19ClO2. The lowest BCUT2D eigenvalue weighted by atomic mass is 9.96. The van der Waals surface area contributed by atoms with Crippen molar-refractivity contribution in [3.05, 3.63) is 0 Å². The second-order valence-electron chi connectivity index (χ2n) is 3.45. The van der Waals surface area contributed by atoms with E-state index in [0.717, 1.165) is 25.7 Å². The van der Waals surface area contributed by atoms with Gasteiger partial charge in [0.05, 0.1) is 0 Å². The Hall–Kier alpha value is -0.240. The van der Waals surface area contributed by atoms with E-state index in [0.29, 0.717) is 5.92 Å². The minimum absolute atomic E-state index is 0.00468. The monoisotopic (exact) mass is 206 g/mol. The Morgan fingerprint density at radius 2 is 1.85 bits per heavy atom. The van der Waals surface area contributed by atoms with Crippen LogP contribution >= 0.6 is 11.6 Å². The molecule has 2 atom stereocenters. The molecule has 0 radical (unpaired) electrons. The van der Waals surface area contributed by atoms with Gasteiger partial charge < -0.3 is 4.74 Å². The number of rotatable bonds is 6. The fraction of sp³-hybridized carbons (Fsp3) is 0.900. The van der Waals surface area contributed by atoms with Crippen LogP contribution in [0.1, 0.15) is 46.5 Å². The Morgan fingerprint density at radius 1 is 1.31 bits per heavy atom. The molecule has 0 heterocycles. The summed E-state index contributed by atoms with van der Waals surface area (Å²) in [5.41, 5.74) is -0.679. The number of carbonyl (C=O) groups is 1. The molecule has 0 N–H and O–H groups in total. The van der Waals surface area contributed by atoms with Crippen molar-refractivity contribution in [2.75, 3.05) is 0 Å². The molecule has 0 bridgehead atoms. The summed E-state index contributed by atoms with van der Waals surface area (Å²) in [6.07, 6.45) is 4.11. The smallest absolute Gasteiger partial charge is 0.404 e. The lowest BCUT2D eigenvalue weighted by Gasteiger charge is -2.22. The molecule has 2 nitrogen and oxygen atoms in total. The van der Waals surface area contributed by atoms with E-state index in [1.165, 1.54) is 0 Å². The van der Waals surface area contributed by atoms with Crippen LogP contribution in [0.5, 0.6) is 0 Å². The summed E-state index contributed by atoms with van der Waals surface area (Å²) in [7, 11) is 0. The van der Waals surface area contributed by atoms with Crippen LogP contribution in [0.15, 0.2) is 0 Å². The second kappa shape index (κ2) is 7.19. The first kappa shape index (κ1) is 12.8. The SMILES string of the molecule is CCCC(C)C(CCC)OC(=O)Cl. The molecule has 0 aliphatic carbocycles. The van der Waals surface area contributed by atoms with Crippen LogP contribution in [0, 0.1) is 5.92 Å². The van der Waals surface area contributed by atoms with Crippen molar-refractivity contribution in [3.8, 4) is 0 Å². The normalized spacial score (nSPS) is 15.1. The summed E-state index contributed by atoms with van der Waals surface area (Å²) >= 11 is 5.19. The zero-order chi connectivity index (χ0) is 10.3. The fourth-order valence-corrected chi connectivity index (χ4v) is 1.62. The van der Waals surface area contributed by atoms with E-state index < -0.39 is 5.43 Å². The van der Waals surface area contributed by atoms with E-state index in [4.69, 9.17) is 16.3 Å². The van der Waals surface area contributed by atoms with Gasteiger partial charge in [-0.25, -0.2) is 4.79 Å². The fourth-order valence-electron chi connectivity index (χ4n) is 1.50.